The van der Waals surface area contributed by atoms with Crippen LogP contribution in [0.2, 0.25) is 0 Å². The minimum absolute atomic E-state index is 0.753. The van der Waals surface area contributed by atoms with Gasteiger partial charge in [0.15, 0.2) is 0 Å². The highest BCUT2D eigenvalue weighted by atomic mass is 32.1. The molecule has 1 aromatic heterocycles. The molecule has 0 radical (unpaired) electrons. The molecule has 2 aromatic rings. The standard InChI is InChI=1S/C14H22N4OS/c1-10-17-13-9-12(11(15)8-14(13)20-10)16-4-5-18(2)6-7-19-3/h8-9,16H,4-7,15H2,1-3H3. The van der Waals surface area contributed by atoms with Gasteiger partial charge < -0.3 is 20.7 Å². The van der Waals surface area contributed by atoms with Crippen LogP contribution in [0.3, 0.4) is 0 Å². The Kier molecular flexibility index (Phi) is 5.17. The number of aromatic nitrogens is 1. The van der Waals surface area contributed by atoms with Gasteiger partial charge in [0.05, 0.1) is 33.2 Å². The van der Waals surface area contributed by atoms with E-state index in [1.807, 2.05) is 19.1 Å². The number of nitrogens with one attached hydrogen (secondary N) is 1. The van der Waals surface area contributed by atoms with Gasteiger partial charge in [-0.05, 0) is 26.1 Å². The first-order valence-electron chi connectivity index (χ1n) is 6.68. The van der Waals surface area contributed by atoms with E-state index in [0.29, 0.717) is 0 Å². The molecule has 20 heavy (non-hydrogen) atoms. The summed E-state index contributed by atoms with van der Waals surface area (Å²) in [4.78, 5) is 6.72. The lowest BCUT2D eigenvalue weighted by Crippen LogP contribution is -2.28. The third-order valence-electron chi connectivity index (χ3n) is 3.15. The predicted octanol–water partition coefficient (Wildman–Crippen LogP) is 2.18. The molecule has 0 bridgehead atoms. The van der Waals surface area contributed by atoms with Gasteiger partial charge in [-0.3, -0.25) is 0 Å². The lowest BCUT2D eigenvalue weighted by atomic mass is 10.2. The smallest absolute Gasteiger partial charge is 0.0907 e. The van der Waals surface area contributed by atoms with Gasteiger partial charge in [0.1, 0.15) is 0 Å². The Morgan fingerprint density at radius 3 is 2.95 bits per heavy atom. The summed E-state index contributed by atoms with van der Waals surface area (Å²) in [7, 11) is 3.80. The minimum Gasteiger partial charge on any atom is -0.397 e. The molecule has 0 unspecified atom stereocenters. The van der Waals surface area contributed by atoms with Crippen molar-refractivity contribution in [2.75, 3.05) is 51.4 Å². The van der Waals surface area contributed by atoms with Crippen LogP contribution in [-0.2, 0) is 4.74 Å². The average Bonchev–Trinajstić information content (AvgIpc) is 2.75. The molecule has 110 valence electrons. The molecule has 3 N–H and O–H groups in total. The van der Waals surface area contributed by atoms with Crippen LogP contribution in [0.25, 0.3) is 10.2 Å². The van der Waals surface area contributed by atoms with Crippen LogP contribution in [0.15, 0.2) is 12.1 Å². The van der Waals surface area contributed by atoms with Crippen LogP contribution in [0, 0.1) is 6.92 Å². The van der Waals surface area contributed by atoms with E-state index >= 15 is 0 Å². The highest BCUT2D eigenvalue weighted by Gasteiger charge is 2.06. The number of benzene rings is 1. The van der Waals surface area contributed by atoms with Gasteiger partial charge in [-0.25, -0.2) is 4.98 Å². The van der Waals surface area contributed by atoms with Gasteiger partial charge in [0, 0.05) is 26.7 Å². The number of nitrogens with two attached hydrogens (primary N) is 1. The van der Waals surface area contributed by atoms with E-state index in [1.54, 1.807) is 18.4 Å². The molecular weight excluding hydrogens is 272 g/mol. The zero-order valence-corrected chi connectivity index (χ0v) is 13.1. The number of ether oxygens (including phenoxy) is 1. The highest BCUT2D eigenvalue weighted by Crippen LogP contribution is 2.29. The number of rotatable bonds is 7. The van der Waals surface area contributed by atoms with Crippen LogP contribution in [0.4, 0.5) is 11.4 Å². The molecule has 6 heteroatoms. The molecule has 0 aliphatic rings. The number of hydrogen-bond donors (Lipinski definition) is 2. The van der Waals surface area contributed by atoms with Crippen LogP contribution >= 0.6 is 11.3 Å². The summed E-state index contributed by atoms with van der Waals surface area (Å²) in [6, 6.07) is 4.03. The van der Waals surface area contributed by atoms with Crippen molar-refractivity contribution in [3.63, 3.8) is 0 Å². The number of nitrogens with zero attached hydrogens (tertiary/aromatic N) is 2. The van der Waals surface area contributed by atoms with Crippen LogP contribution in [0.5, 0.6) is 0 Å². The number of aryl methyl sites for hydroxylation is 1. The molecule has 0 spiro atoms. The Balaban J connectivity index is 1.94. The Morgan fingerprint density at radius 2 is 2.20 bits per heavy atom. The van der Waals surface area contributed by atoms with Crippen molar-refractivity contribution in [3.05, 3.63) is 17.1 Å². The van der Waals surface area contributed by atoms with Crippen molar-refractivity contribution in [1.29, 1.82) is 0 Å². The number of methoxy groups -OCH3 is 1. The summed E-state index contributed by atoms with van der Waals surface area (Å²) in [5.74, 6) is 0. The third-order valence-corrected chi connectivity index (χ3v) is 4.09. The van der Waals surface area contributed by atoms with Crippen molar-refractivity contribution in [1.82, 2.24) is 9.88 Å². The molecule has 2 rings (SSSR count). The SMILES string of the molecule is COCCN(C)CCNc1cc2nc(C)sc2cc1N. The van der Waals surface area contributed by atoms with Crippen molar-refractivity contribution in [2.45, 2.75) is 6.92 Å². The fourth-order valence-electron chi connectivity index (χ4n) is 2.00. The molecule has 0 saturated carbocycles. The first kappa shape index (κ1) is 15.0. The first-order chi connectivity index (χ1) is 9.60. The Labute approximate surface area is 123 Å². The van der Waals surface area contributed by atoms with Crippen molar-refractivity contribution in [3.8, 4) is 0 Å². The Hall–Kier alpha value is -1.37. The lowest BCUT2D eigenvalue weighted by Gasteiger charge is -2.17. The molecule has 0 saturated heterocycles. The van der Waals surface area contributed by atoms with E-state index < -0.39 is 0 Å². The molecule has 0 atom stereocenters. The molecule has 1 heterocycles. The highest BCUT2D eigenvalue weighted by molar-refractivity contribution is 7.18. The maximum Gasteiger partial charge on any atom is 0.0907 e. The molecule has 0 fully saturated rings. The van der Waals surface area contributed by atoms with Crippen molar-refractivity contribution < 1.29 is 4.74 Å². The molecule has 1 aromatic carbocycles. The number of thiazole rings is 1. The normalized spacial score (nSPS) is 11.4. The fraction of sp³-hybridized carbons (Fsp3) is 0.500. The lowest BCUT2D eigenvalue weighted by molar-refractivity contribution is 0.163. The van der Waals surface area contributed by atoms with Crippen LogP contribution in [-0.4, -0.2) is 50.3 Å². The van der Waals surface area contributed by atoms with Gasteiger partial charge in [-0.15, -0.1) is 11.3 Å². The van der Waals surface area contributed by atoms with Crippen LogP contribution < -0.4 is 11.1 Å². The molecular formula is C14H22N4OS. The molecule has 0 amide bonds. The summed E-state index contributed by atoms with van der Waals surface area (Å²) in [5.41, 5.74) is 8.83. The molecule has 0 aliphatic heterocycles. The third kappa shape index (κ3) is 3.82. The zero-order chi connectivity index (χ0) is 14.5. The Bertz CT molecular complexity index is 570. The molecule has 0 aliphatic carbocycles. The van der Waals surface area contributed by atoms with Gasteiger partial charge in [-0.2, -0.15) is 0 Å². The quantitative estimate of drug-likeness (QED) is 0.766. The predicted molar refractivity (Wildman–Crippen MR) is 86.6 cm³/mol. The van der Waals surface area contributed by atoms with E-state index in [4.69, 9.17) is 10.5 Å². The maximum absolute atomic E-state index is 6.08. The second kappa shape index (κ2) is 6.88. The monoisotopic (exact) mass is 294 g/mol. The Morgan fingerprint density at radius 1 is 1.40 bits per heavy atom. The van der Waals surface area contributed by atoms with Gasteiger partial charge in [0.2, 0.25) is 0 Å². The summed E-state index contributed by atoms with van der Waals surface area (Å²) < 4.78 is 6.20. The summed E-state index contributed by atoms with van der Waals surface area (Å²) in [5, 5.41) is 4.44. The van der Waals surface area contributed by atoms with E-state index in [0.717, 1.165) is 52.8 Å². The topological polar surface area (TPSA) is 63.4 Å². The van der Waals surface area contributed by atoms with Crippen LogP contribution in [0.1, 0.15) is 5.01 Å². The van der Waals surface area contributed by atoms with E-state index in [9.17, 15) is 0 Å². The van der Waals surface area contributed by atoms with Crippen molar-refractivity contribution in [2.24, 2.45) is 0 Å². The van der Waals surface area contributed by atoms with Crippen molar-refractivity contribution >= 4 is 32.9 Å². The number of nitrogen functional groups attached to an aromatic ring is 1. The van der Waals surface area contributed by atoms with Gasteiger partial charge >= 0.3 is 0 Å². The van der Waals surface area contributed by atoms with Gasteiger partial charge in [-0.1, -0.05) is 0 Å². The van der Waals surface area contributed by atoms with E-state index in [2.05, 4.69) is 22.2 Å². The summed E-state index contributed by atoms with van der Waals surface area (Å²) in [6.45, 7) is 5.48. The number of anilines is 2. The van der Waals surface area contributed by atoms with E-state index in [1.165, 1.54) is 0 Å². The maximum atomic E-state index is 6.08. The largest absolute Gasteiger partial charge is 0.397 e. The number of fused-ring (bicyclic) bond motifs is 1. The number of hydrogen-bond acceptors (Lipinski definition) is 6. The number of likely N-dealkylation sites (N-methyl/N-ethyl adjacent to an activating group) is 1. The van der Waals surface area contributed by atoms with E-state index in [-0.39, 0.29) is 0 Å². The second-order valence-corrected chi connectivity index (χ2v) is 6.10. The minimum atomic E-state index is 0.753. The zero-order valence-electron chi connectivity index (χ0n) is 12.3. The summed E-state index contributed by atoms with van der Waals surface area (Å²) >= 11 is 1.67. The second-order valence-electron chi connectivity index (χ2n) is 4.86. The molecule has 5 nitrogen and oxygen atoms in total. The van der Waals surface area contributed by atoms with Gasteiger partial charge in [0.25, 0.3) is 0 Å². The average molecular weight is 294 g/mol. The summed E-state index contributed by atoms with van der Waals surface area (Å²) in [6.07, 6.45) is 0. The fourth-order valence-corrected chi connectivity index (χ4v) is 2.86. The first-order valence-corrected chi connectivity index (χ1v) is 7.50.